The molecule has 0 spiro atoms. The highest BCUT2D eigenvalue weighted by molar-refractivity contribution is 7.98. The number of benzene rings is 1. The number of ether oxygens (including phenoxy) is 1. The minimum absolute atomic E-state index is 0.122. The van der Waals surface area contributed by atoms with E-state index in [9.17, 15) is 18.9 Å². The summed E-state index contributed by atoms with van der Waals surface area (Å²) in [5.74, 6) is 3.62. The van der Waals surface area contributed by atoms with Crippen molar-refractivity contribution in [1.29, 1.82) is 0 Å². The van der Waals surface area contributed by atoms with Crippen LogP contribution in [0.4, 0.5) is 0 Å². The summed E-state index contributed by atoms with van der Waals surface area (Å²) in [5, 5.41) is 12.2. The number of carboxylic acid groups (broad SMARTS) is 1. The highest BCUT2D eigenvalue weighted by Crippen LogP contribution is 2.35. The van der Waals surface area contributed by atoms with E-state index in [1.54, 1.807) is 13.2 Å². The van der Waals surface area contributed by atoms with Crippen LogP contribution >= 0.6 is 0 Å². The summed E-state index contributed by atoms with van der Waals surface area (Å²) in [6, 6.07) is 7.40. The fourth-order valence-corrected chi connectivity index (χ4v) is 7.68. The van der Waals surface area contributed by atoms with Gasteiger partial charge in [-0.25, -0.2) is 8.93 Å². The topological polar surface area (TPSA) is 110 Å². The molecule has 9 heteroatoms. The molecule has 0 aliphatic heterocycles. The van der Waals surface area contributed by atoms with Crippen molar-refractivity contribution < 1.29 is 23.6 Å². The zero-order valence-corrected chi connectivity index (χ0v) is 24.7. The lowest BCUT2D eigenvalue weighted by molar-refractivity contribution is -0.145. The summed E-state index contributed by atoms with van der Waals surface area (Å²) < 4.78 is 24.6. The fourth-order valence-electron chi connectivity index (χ4n) is 5.83. The van der Waals surface area contributed by atoms with Gasteiger partial charge in [0, 0.05) is 35.1 Å². The third-order valence-corrected chi connectivity index (χ3v) is 9.87. The van der Waals surface area contributed by atoms with Gasteiger partial charge >= 0.3 is 5.97 Å². The first kappa shape index (κ1) is 29.2. The number of aromatic nitrogens is 1. The predicted octanol–water partition coefficient (Wildman–Crippen LogP) is 5.02. The first-order chi connectivity index (χ1) is 18.3. The second-order valence-corrected chi connectivity index (χ2v) is 14.2. The summed E-state index contributed by atoms with van der Waals surface area (Å²) in [4.78, 5) is 25.0. The number of carbonyl (C=O) groups excluding carboxylic acids is 1. The molecule has 2 fully saturated rings. The molecular formula is C30H43N3O5S. The Morgan fingerprint density at radius 2 is 1.82 bits per heavy atom. The van der Waals surface area contributed by atoms with Gasteiger partial charge in [0.25, 0.3) is 5.91 Å². The van der Waals surface area contributed by atoms with E-state index in [2.05, 4.69) is 20.5 Å². The van der Waals surface area contributed by atoms with E-state index in [4.69, 9.17) is 4.74 Å². The molecule has 214 valence electrons. The van der Waals surface area contributed by atoms with Crippen LogP contribution in [-0.4, -0.2) is 50.3 Å². The number of methoxy groups -OCH3 is 1. The second kappa shape index (κ2) is 11.4. The first-order valence-electron chi connectivity index (χ1n) is 13.9. The Hall–Kier alpha value is -2.78. The third-order valence-electron chi connectivity index (χ3n) is 7.88. The molecule has 1 aromatic carbocycles. The smallest absolute Gasteiger partial charge is 0.306 e. The van der Waals surface area contributed by atoms with Gasteiger partial charge in [-0.15, -0.1) is 0 Å². The molecule has 2 saturated carbocycles. The Labute approximate surface area is 232 Å². The van der Waals surface area contributed by atoms with E-state index in [1.165, 1.54) is 32.1 Å². The van der Waals surface area contributed by atoms with Crippen molar-refractivity contribution in [2.75, 3.05) is 7.11 Å². The van der Waals surface area contributed by atoms with Crippen LogP contribution in [0.25, 0.3) is 11.3 Å². The summed E-state index contributed by atoms with van der Waals surface area (Å²) in [5.41, 5.74) is 2.86. The molecule has 0 bridgehead atoms. The van der Waals surface area contributed by atoms with E-state index in [0.717, 1.165) is 23.5 Å². The number of carboxylic acids is 1. The number of rotatable bonds is 9. The third kappa shape index (κ3) is 6.69. The minimum atomic E-state index is -2.82. The highest BCUT2D eigenvalue weighted by Gasteiger charge is 2.36. The normalized spacial score (nSPS) is 21.6. The lowest BCUT2D eigenvalue weighted by Gasteiger charge is -2.32. The van der Waals surface area contributed by atoms with Crippen molar-refractivity contribution in [1.82, 2.24) is 14.6 Å². The monoisotopic (exact) mass is 557 g/mol. The Bertz CT molecular complexity index is 1330. The fraction of sp³-hybridized carbons (Fsp3) is 0.567. The van der Waals surface area contributed by atoms with E-state index < -0.39 is 21.2 Å². The lowest BCUT2D eigenvalue weighted by atomic mass is 9.80. The van der Waals surface area contributed by atoms with Crippen LogP contribution < -0.4 is 14.8 Å². The number of nitrogens with one attached hydrogen (secondary N) is 2. The van der Waals surface area contributed by atoms with Gasteiger partial charge in [0.2, 0.25) is 0 Å². The van der Waals surface area contributed by atoms with Crippen molar-refractivity contribution in [3.8, 4) is 17.0 Å². The largest absolute Gasteiger partial charge is 0.495 e. The molecule has 4 rings (SSSR count). The summed E-state index contributed by atoms with van der Waals surface area (Å²) in [6.07, 6.45) is 6.97. The highest BCUT2D eigenvalue weighted by atomic mass is 32.2. The summed E-state index contributed by atoms with van der Waals surface area (Å²) in [6.45, 7) is 8.62. The summed E-state index contributed by atoms with van der Waals surface area (Å²) >= 11 is 0. The minimum Gasteiger partial charge on any atom is -0.495 e. The van der Waals surface area contributed by atoms with Gasteiger partial charge in [-0.1, -0.05) is 25.3 Å². The predicted molar refractivity (Wildman–Crippen MR) is 156 cm³/mol. The van der Waals surface area contributed by atoms with Crippen LogP contribution in [-0.2, 0) is 21.0 Å². The Morgan fingerprint density at radius 1 is 1.15 bits per heavy atom. The average Bonchev–Trinajstić information content (AvgIpc) is 3.15. The van der Waals surface area contributed by atoms with E-state index >= 15 is 0 Å². The molecule has 3 N–H and O–H groups in total. The quantitative estimate of drug-likeness (QED) is 0.375. The van der Waals surface area contributed by atoms with E-state index in [1.807, 2.05) is 45.9 Å². The maximum atomic E-state index is 13.5. The Morgan fingerprint density at radius 3 is 2.41 bits per heavy atom. The molecule has 0 radical (unpaired) electrons. The van der Waals surface area contributed by atoms with Gasteiger partial charge in [-0.3, -0.25) is 9.59 Å². The maximum Gasteiger partial charge on any atom is 0.306 e. The van der Waals surface area contributed by atoms with E-state index in [-0.39, 0.29) is 17.9 Å². The van der Waals surface area contributed by atoms with Crippen LogP contribution in [0, 0.1) is 18.8 Å². The van der Waals surface area contributed by atoms with Crippen molar-refractivity contribution in [3.63, 3.8) is 0 Å². The molecular weight excluding hydrogens is 514 g/mol. The molecule has 2 aliphatic rings. The van der Waals surface area contributed by atoms with Crippen LogP contribution in [0.3, 0.4) is 0 Å². The number of hydrogen-bond donors (Lipinski definition) is 3. The van der Waals surface area contributed by atoms with Gasteiger partial charge in [0.05, 0.1) is 33.2 Å². The maximum absolute atomic E-state index is 13.5. The number of hydrogen-bond acceptors (Lipinski definition) is 4. The molecule has 8 nitrogen and oxygen atoms in total. The van der Waals surface area contributed by atoms with Crippen LogP contribution in [0.1, 0.15) is 81.8 Å². The summed E-state index contributed by atoms with van der Waals surface area (Å²) in [7, 11) is -1.26. The number of amides is 1. The van der Waals surface area contributed by atoms with Crippen LogP contribution in [0.5, 0.6) is 5.75 Å². The molecule has 2 aromatic rings. The van der Waals surface area contributed by atoms with Gasteiger partial charge in [0.15, 0.2) is 0 Å². The van der Waals surface area contributed by atoms with Crippen molar-refractivity contribution in [2.45, 2.75) is 95.7 Å². The van der Waals surface area contributed by atoms with Gasteiger partial charge < -0.3 is 19.7 Å². The van der Waals surface area contributed by atoms with Gasteiger partial charge in [-0.05, 0) is 83.4 Å². The molecule has 39 heavy (non-hydrogen) atoms. The Balaban J connectivity index is 1.69. The van der Waals surface area contributed by atoms with Crippen molar-refractivity contribution in [3.05, 3.63) is 35.5 Å². The molecule has 1 unspecified atom stereocenters. The first-order valence-corrected chi connectivity index (χ1v) is 15.6. The average molecular weight is 558 g/mol. The zero-order valence-electron chi connectivity index (χ0n) is 23.8. The van der Waals surface area contributed by atoms with Crippen molar-refractivity contribution >= 4 is 27.5 Å². The second-order valence-electron chi connectivity index (χ2n) is 12.2. The number of carbonyl (C=O) groups is 2. The van der Waals surface area contributed by atoms with Gasteiger partial charge in [-0.2, -0.15) is 0 Å². The molecule has 0 saturated heterocycles. The molecule has 2 aliphatic carbocycles. The molecule has 1 amide bonds. The number of aliphatic carboxylic acids is 1. The lowest BCUT2D eigenvalue weighted by Crippen LogP contribution is -2.46. The van der Waals surface area contributed by atoms with Crippen molar-refractivity contribution in [2.24, 2.45) is 11.8 Å². The standard InChI is InChI=1S/C30H43N3O5S/c1-19-24(28(34)31-23-14-22(15-23)29(35)36)17-25(33(19)18-20-10-8-7-9-11-20)21-12-13-27(26(16-21)38-5)39(6,37)32-30(2,3)4/h12-13,16-17,20,22-23H,6-11,14-15,18H2,1-5H3,(H,31,34)(H,32,37)(H,35,36). The van der Waals surface area contributed by atoms with E-state index in [0.29, 0.717) is 35.0 Å². The SMILES string of the molecule is C=S(=O)(NC(C)(C)C)c1ccc(-c2cc(C(=O)NC3CC(C(=O)O)C3)c(C)n2CC2CCCCC2)cc1OC. The zero-order chi connectivity index (χ0) is 28.5. The molecule has 1 atom stereocenters. The van der Waals surface area contributed by atoms with Gasteiger partial charge in [0.1, 0.15) is 5.75 Å². The number of nitrogens with zero attached hydrogens (tertiary/aromatic N) is 1. The Kier molecular flexibility index (Phi) is 8.52. The van der Waals surface area contributed by atoms with Crippen LogP contribution in [0.15, 0.2) is 29.2 Å². The molecule has 1 heterocycles. The van der Waals surface area contributed by atoms with Crippen LogP contribution in [0.2, 0.25) is 0 Å². The molecule has 1 aromatic heterocycles.